The molecule has 1 aliphatic rings. The van der Waals surface area contributed by atoms with Crippen molar-refractivity contribution >= 4 is 22.7 Å². The zero-order chi connectivity index (χ0) is 26.8. The van der Waals surface area contributed by atoms with E-state index in [-0.39, 0.29) is 17.4 Å². The third kappa shape index (κ3) is 5.43. The third-order valence-corrected chi connectivity index (χ3v) is 8.46. The number of fused-ring (bicyclic) bond motifs is 1. The Balaban J connectivity index is 1.33. The van der Waals surface area contributed by atoms with Crippen LogP contribution in [0.1, 0.15) is 43.4 Å². The molecule has 8 heteroatoms. The fraction of sp³-hybridized carbons (Fsp3) is 0.333. The number of hydrogen-bond acceptors (Lipinski definition) is 3. The monoisotopic (exact) mass is 542 g/mol. The number of nitrogens with zero attached hydrogens (tertiary/aromatic N) is 2. The summed E-state index contributed by atoms with van der Waals surface area (Å²) in [7, 11) is 0. The highest BCUT2D eigenvalue weighted by atomic mass is 32.2. The molecule has 0 saturated carbocycles. The predicted octanol–water partition coefficient (Wildman–Crippen LogP) is 7.82. The summed E-state index contributed by atoms with van der Waals surface area (Å²) in [6, 6.07) is 13.4. The first-order chi connectivity index (χ1) is 18.4. The van der Waals surface area contributed by atoms with E-state index >= 15 is 0 Å². The molecule has 0 radical (unpaired) electrons. The topological polar surface area (TPSA) is 28.4 Å². The highest BCUT2D eigenvalue weighted by Gasteiger charge is 2.28. The molecule has 1 N–H and O–H groups in total. The number of aromatic nitrogens is 1. The summed E-state index contributed by atoms with van der Waals surface area (Å²) in [5, 5.41) is 10.5. The lowest BCUT2D eigenvalue weighted by Crippen LogP contribution is -2.34. The third-order valence-electron chi connectivity index (χ3n) is 7.36. The van der Waals surface area contributed by atoms with Gasteiger partial charge in [0.25, 0.3) is 0 Å². The molecule has 0 amide bonds. The fourth-order valence-corrected chi connectivity index (χ4v) is 6.41. The fourth-order valence-electron chi connectivity index (χ4n) is 5.57. The van der Waals surface area contributed by atoms with Gasteiger partial charge in [0, 0.05) is 28.1 Å². The van der Waals surface area contributed by atoms with Gasteiger partial charge in [0.2, 0.25) is 0 Å². The van der Waals surface area contributed by atoms with Crippen molar-refractivity contribution in [3.63, 3.8) is 0 Å². The number of benzene rings is 3. The van der Waals surface area contributed by atoms with Crippen LogP contribution in [0.5, 0.6) is 5.75 Å². The molecule has 1 fully saturated rings. The summed E-state index contributed by atoms with van der Waals surface area (Å²) >= 11 is 1.73. The molecule has 0 bridgehead atoms. The van der Waals surface area contributed by atoms with E-state index in [4.69, 9.17) is 0 Å². The van der Waals surface area contributed by atoms with Crippen LogP contribution in [0.3, 0.4) is 0 Å². The van der Waals surface area contributed by atoms with Gasteiger partial charge in [-0.15, -0.1) is 11.8 Å². The van der Waals surface area contributed by atoms with Crippen molar-refractivity contribution in [3.8, 4) is 11.4 Å². The van der Waals surface area contributed by atoms with Gasteiger partial charge in [-0.2, -0.15) is 0 Å². The standard InChI is InChI=1S/C30H30F4N2OS/c1-2-27-29(19-10-13-35(14-11-19)12-3-15-38-23-7-4-20(31)5-8-23)24-9-6-21(32)16-28(24)36(27)22-17-25(33)30(37)26(34)18-22/h4-9,16-19,37H,2-3,10-15H2,1H3. The number of thioether (sulfide) groups is 1. The summed E-state index contributed by atoms with van der Waals surface area (Å²) in [4.78, 5) is 3.52. The minimum Gasteiger partial charge on any atom is -0.503 e. The molecule has 1 saturated heterocycles. The first kappa shape index (κ1) is 26.6. The number of rotatable bonds is 8. The molecule has 0 spiro atoms. The van der Waals surface area contributed by atoms with Crippen LogP contribution in [-0.2, 0) is 6.42 Å². The molecular formula is C30H30F4N2OS. The molecule has 3 nitrogen and oxygen atoms in total. The van der Waals surface area contributed by atoms with Crippen LogP contribution in [0.15, 0.2) is 59.5 Å². The van der Waals surface area contributed by atoms with Crippen molar-refractivity contribution in [1.29, 1.82) is 0 Å². The Hall–Kier alpha value is -2.97. The van der Waals surface area contributed by atoms with Crippen molar-refractivity contribution in [2.24, 2.45) is 0 Å². The van der Waals surface area contributed by atoms with Crippen molar-refractivity contribution in [2.45, 2.75) is 43.4 Å². The van der Waals surface area contributed by atoms with Gasteiger partial charge >= 0.3 is 0 Å². The Morgan fingerprint density at radius 2 is 1.55 bits per heavy atom. The quantitative estimate of drug-likeness (QED) is 0.140. The number of halogens is 4. The first-order valence-electron chi connectivity index (χ1n) is 13.0. The minimum atomic E-state index is -1.05. The summed E-state index contributed by atoms with van der Waals surface area (Å²) < 4.78 is 57.7. The first-order valence-corrected chi connectivity index (χ1v) is 14.0. The van der Waals surface area contributed by atoms with Gasteiger partial charge in [0.1, 0.15) is 11.6 Å². The second kappa shape index (κ2) is 11.4. The van der Waals surface area contributed by atoms with Gasteiger partial charge in [-0.05, 0) is 105 Å². The van der Waals surface area contributed by atoms with Crippen molar-refractivity contribution < 1.29 is 22.7 Å². The maximum atomic E-state index is 14.3. The Kier molecular flexibility index (Phi) is 8.00. The maximum absolute atomic E-state index is 14.3. The Labute approximate surface area is 224 Å². The normalized spacial score (nSPS) is 15.0. The van der Waals surface area contributed by atoms with Gasteiger partial charge in [-0.1, -0.05) is 6.92 Å². The predicted molar refractivity (Wildman–Crippen MR) is 144 cm³/mol. The lowest BCUT2D eigenvalue weighted by molar-refractivity contribution is 0.213. The SMILES string of the molecule is CCc1c(C2CCN(CCCSc3ccc(F)cc3)CC2)c2ccc(F)cc2n1-c1cc(F)c(O)c(F)c1. The summed E-state index contributed by atoms with van der Waals surface area (Å²) in [5.41, 5.74) is 2.82. The molecule has 1 aromatic heterocycles. The smallest absolute Gasteiger partial charge is 0.187 e. The van der Waals surface area contributed by atoms with Crippen LogP contribution in [-0.4, -0.2) is 40.0 Å². The Morgan fingerprint density at radius 1 is 0.895 bits per heavy atom. The molecule has 5 rings (SSSR count). The summed E-state index contributed by atoms with van der Waals surface area (Å²) in [5.74, 6) is -2.54. The lowest BCUT2D eigenvalue weighted by atomic mass is 9.87. The van der Waals surface area contributed by atoms with Gasteiger partial charge < -0.3 is 14.6 Å². The van der Waals surface area contributed by atoms with Crippen LogP contribution in [0.2, 0.25) is 0 Å². The summed E-state index contributed by atoms with van der Waals surface area (Å²) in [6.07, 6.45) is 3.51. The van der Waals surface area contributed by atoms with Crippen LogP contribution < -0.4 is 0 Å². The zero-order valence-corrected chi connectivity index (χ0v) is 22.0. The molecule has 0 unspecified atom stereocenters. The Bertz CT molecular complexity index is 1410. The van der Waals surface area contributed by atoms with Gasteiger partial charge in [-0.3, -0.25) is 0 Å². The van der Waals surface area contributed by atoms with E-state index in [9.17, 15) is 22.7 Å². The van der Waals surface area contributed by atoms with Gasteiger partial charge in [-0.25, -0.2) is 17.6 Å². The number of phenolic OH excluding ortho intramolecular Hbond substituents is 1. The zero-order valence-electron chi connectivity index (χ0n) is 21.2. The number of likely N-dealkylation sites (tertiary alicyclic amines) is 1. The van der Waals surface area contributed by atoms with E-state index in [0.717, 1.165) is 78.3 Å². The van der Waals surface area contributed by atoms with E-state index in [2.05, 4.69) is 4.90 Å². The average Bonchev–Trinajstić information content (AvgIpc) is 3.24. The maximum Gasteiger partial charge on any atom is 0.187 e. The molecule has 3 aromatic carbocycles. The second-order valence-electron chi connectivity index (χ2n) is 9.74. The van der Waals surface area contributed by atoms with Gasteiger partial charge in [0.05, 0.1) is 11.2 Å². The van der Waals surface area contributed by atoms with E-state index in [0.29, 0.717) is 11.9 Å². The van der Waals surface area contributed by atoms with Crippen molar-refractivity contribution in [1.82, 2.24) is 9.47 Å². The van der Waals surface area contributed by atoms with Crippen molar-refractivity contribution in [3.05, 3.63) is 89.1 Å². The number of phenols is 1. The van der Waals surface area contributed by atoms with Crippen LogP contribution in [0.25, 0.3) is 16.6 Å². The van der Waals surface area contributed by atoms with Crippen molar-refractivity contribution in [2.75, 3.05) is 25.4 Å². The highest BCUT2D eigenvalue weighted by molar-refractivity contribution is 7.99. The summed E-state index contributed by atoms with van der Waals surface area (Å²) in [6.45, 7) is 4.85. The molecule has 0 aliphatic carbocycles. The van der Waals surface area contributed by atoms with E-state index in [1.165, 1.54) is 24.3 Å². The van der Waals surface area contributed by atoms with E-state index < -0.39 is 23.2 Å². The van der Waals surface area contributed by atoms with Crippen LogP contribution in [0, 0.1) is 23.3 Å². The largest absolute Gasteiger partial charge is 0.503 e. The second-order valence-corrected chi connectivity index (χ2v) is 10.9. The van der Waals surface area contributed by atoms with Gasteiger partial charge in [0.15, 0.2) is 17.4 Å². The lowest BCUT2D eigenvalue weighted by Gasteiger charge is -2.32. The molecule has 200 valence electrons. The molecule has 38 heavy (non-hydrogen) atoms. The molecule has 0 atom stereocenters. The van der Waals surface area contributed by atoms with Crippen LogP contribution in [0.4, 0.5) is 17.6 Å². The number of piperidine rings is 1. The molecule has 1 aliphatic heterocycles. The molecule has 2 heterocycles. The number of aromatic hydroxyl groups is 1. The Morgan fingerprint density at radius 3 is 2.21 bits per heavy atom. The minimum absolute atomic E-state index is 0.223. The van der Waals surface area contributed by atoms with E-state index in [1.54, 1.807) is 34.5 Å². The average molecular weight is 543 g/mol. The number of hydrogen-bond donors (Lipinski definition) is 1. The molecular weight excluding hydrogens is 512 g/mol. The highest BCUT2D eigenvalue weighted by Crippen LogP contribution is 2.40. The van der Waals surface area contributed by atoms with Crippen LogP contribution >= 0.6 is 11.8 Å². The molecule has 4 aromatic rings. The van der Waals surface area contributed by atoms with E-state index in [1.807, 2.05) is 6.92 Å².